The van der Waals surface area contributed by atoms with Crippen molar-refractivity contribution in [3.05, 3.63) is 6.92 Å². The van der Waals surface area contributed by atoms with Crippen molar-refractivity contribution in [2.24, 2.45) is 0 Å². The molecule has 0 rings (SSSR count). The minimum Gasteiger partial charge on any atom is -0.370 e. The lowest BCUT2D eigenvalue weighted by atomic mass is 10.8. The highest BCUT2D eigenvalue weighted by Gasteiger charge is 1.70. The van der Waals surface area contributed by atoms with Crippen molar-refractivity contribution < 1.29 is 4.74 Å². The fourth-order valence-corrected chi connectivity index (χ4v) is 0.174. The first-order valence-electron chi connectivity index (χ1n) is 1.90. The van der Waals surface area contributed by atoms with Crippen LogP contribution in [-0.2, 0) is 4.74 Å². The average molecular weight is 88.1 g/mol. The third-order valence-corrected chi connectivity index (χ3v) is 0.423. The molecule has 0 fully saturated rings. The Hall–Kier alpha value is -0.0800. The molecule has 0 aliphatic carbocycles. The molecule has 0 aliphatic rings. The van der Waals surface area contributed by atoms with Gasteiger partial charge in [0.2, 0.25) is 0 Å². The molecule has 0 aromatic carbocycles. The minimum atomic E-state index is 0.601. The summed E-state index contributed by atoms with van der Waals surface area (Å²) in [6, 6.07) is 0. The molecule has 0 bridgehead atoms. The van der Waals surface area contributed by atoms with Crippen molar-refractivity contribution in [3.63, 3.8) is 0 Å². The smallest absolute Gasteiger partial charge is 0.0961 e. The van der Waals surface area contributed by atoms with Crippen molar-refractivity contribution in [1.82, 2.24) is 5.32 Å². The van der Waals surface area contributed by atoms with Crippen molar-refractivity contribution >= 4 is 0 Å². The van der Waals surface area contributed by atoms with E-state index in [1.165, 1.54) is 0 Å². The van der Waals surface area contributed by atoms with Gasteiger partial charge in [-0.25, -0.2) is 0 Å². The Morgan fingerprint density at radius 1 is 1.83 bits per heavy atom. The van der Waals surface area contributed by atoms with Gasteiger partial charge in [0.15, 0.2) is 0 Å². The Balaban J connectivity index is 2.34. The second-order valence-corrected chi connectivity index (χ2v) is 0.933. The second-order valence-electron chi connectivity index (χ2n) is 0.933. The Bertz CT molecular complexity index is 19.5. The van der Waals surface area contributed by atoms with E-state index in [2.05, 4.69) is 17.0 Å². The molecule has 1 N–H and O–H groups in total. The highest BCUT2D eigenvalue weighted by atomic mass is 16.5. The molecule has 0 atom stereocenters. The van der Waals surface area contributed by atoms with Crippen LogP contribution in [-0.4, -0.2) is 20.4 Å². The van der Waals surface area contributed by atoms with Gasteiger partial charge < -0.3 is 4.74 Å². The summed E-state index contributed by atoms with van der Waals surface area (Å²) >= 11 is 0. The van der Waals surface area contributed by atoms with Crippen LogP contribution < -0.4 is 5.32 Å². The van der Waals surface area contributed by atoms with Crippen molar-refractivity contribution in [1.29, 1.82) is 0 Å². The summed E-state index contributed by atoms with van der Waals surface area (Å²) < 4.78 is 4.63. The summed E-state index contributed by atoms with van der Waals surface area (Å²) in [6.07, 6.45) is 0. The molecule has 2 nitrogen and oxygen atoms in total. The van der Waals surface area contributed by atoms with E-state index in [1.807, 2.05) is 0 Å². The molecule has 0 aliphatic heterocycles. The molecule has 6 heavy (non-hydrogen) atoms. The number of hydrogen-bond acceptors (Lipinski definition) is 2. The maximum atomic E-state index is 4.63. The first-order chi connectivity index (χ1) is 2.91. The normalized spacial score (nSPS) is 9.00. The molecule has 0 aromatic heterocycles. The van der Waals surface area contributed by atoms with Gasteiger partial charge in [-0.15, -0.1) is 0 Å². The van der Waals surface area contributed by atoms with Crippen LogP contribution in [0.3, 0.4) is 0 Å². The quantitative estimate of drug-likeness (QED) is 0.387. The van der Waals surface area contributed by atoms with Gasteiger partial charge in [-0.2, -0.15) is 0 Å². The third-order valence-electron chi connectivity index (χ3n) is 0.423. The third kappa shape index (κ3) is 3.92. The molecular formula is C4H10NO. The Morgan fingerprint density at radius 2 is 2.50 bits per heavy atom. The first-order valence-corrected chi connectivity index (χ1v) is 1.90. The molecule has 0 heterocycles. The van der Waals surface area contributed by atoms with Crippen LogP contribution in [0.5, 0.6) is 0 Å². The van der Waals surface area contributed by atoms with Crippen molar-refractivity contribution in [2.45, 2.75) is 0 Å². The van der Waals surface area contributed by atoms with Crippen LogP contribution >= 0.6 is 0 Å². The van der Waals surface area contributed by atoms with Gasteiger partial charge in [0.25, 0.3) is 0 Å². The molecule has 0 saturated heterocycles. The maximum Gasteiger partial charge on any atom is 0.0961 e. The van der Waals surface area contributed by atoms with Gasteiger partial charge in [-0.1, -0.05) is 0 Å². The number of methoxy groups -OCH3 is 1. The van der Waals surface area contributed by atoms with Gasteiger partial charge in [0, 0.05) is 7.11 Å². The number of nitrogens with one attached hydrogen (secondary N) is 1. The van der Waals surface area contributed by atoms with Gasteiger partial charge in [-0.05, 0) is 13.5 Å². The maximum absolute atomic E-state index is 4.63. The molecule has 1 radical (unpaired) electrons. The number of rotatable bonds is 3. The zero-order valence-corrected chi connectivity index (χ0v) is 4.03. The van der Waals surface area contributed by atoms with E-state index in [0.29, 0.717) is 6.73 Å². The minimum absolute atomic E-state index is 0.601. The van der Waals surface area contributed by atoms with E-state index in [0.717, 1.165) is 6.54 Å². The monoisotopic (exact) mass is 88.1 g/mol. The number of ether oxygens (including phenoxy) is 1. The highest BCUT2D eigenvalue weighted by molar-refractivity contribution is 4.37. The average Bonchev–Trinajstić information content (AvgIpc) is 1.61. The predicted octanol–water partition coefficient (Wildman–Crippen LogP) is 0.0140. The molecule has 0 unspecified atom stereocenters. The lowest BCUT2D eigenvalue weighted by molar-refractivity contribution is 0.179. The molecule has 0 saturated carbocycles. The largest absolute Gasteiger partial charge is 0.370 e. The predicted molar refractivity (Wildman–Crippen MR) is 25.2 cm³/mol. The van der Waals surface area contributed by atoms with Gasteiger partial charge >= 0.3 is 0 Å². The van der Waals surface area contributed by atoms with Crippen LogP contribution in [0.2, 0.25) is 0 Å². The fraction of sp³-hybridized carbons (Fsp3) is 0.750. The lowest BCUT2D eigenvalue weighted by Gasteiger charge is -1.93. The Morgan fingerprint density at radius 3 is 2.67 bits per heavy atom. The van der Waals surface area contributed by atoms with Gasteiger partial charge in [-0.3, -0.25) is 5.32 Å². The molecule has 0 spiro atoms. The Kier molecular flexibility index (Phi) is 4.85. The van der Waals surface area contributed by atoms with Gasteiger partial charge in [0.1, 0.15) is 0 Å². The summed E-state index contributed by atoms with van der Waals surface area (Å²) in [6.45, 7) is 4.86. The topological polar surface area (TPSA) is 21.3 Å². The summed E-state index contributed by atoms with van der Waals surface area (Å²) in [5.41, 5.74) is 0. The molecular weight excluding hydrogens is 78.0 g/mol. The van der Waals surface area contributed by atoms with E-state index in [-0.39, 0.29) is 0 Å². The van der Waals surface area contributed by atoms with Crippen molar-refractivity contribution in [2.75, 3.05) is 20.4 Å². The second kappa shape index (κ2) is 4.92. The van der Waals surface area contributed by atoms with Crippen LogP contribution in [0.1, 0.15) is 0 Å². The summed E-state index contributed by atoms with van der Waals surface area (Å²) in [5, 5.41) is 2.86. The Labute approximate surface area is 38.5 Å². The van der Waals surface area contributed by atoms with E-state index < -0.39 is 0 Å². The summed E-state index contributed by atoms with van der Waals surface area (Å²) in [4.78, 5) is 0. The zero-order valence-electron chi connectivity index (χ0n) is 4.03. The SMILES string of the molecule is [CH2]CNCOC. The van der Waals surface area contributed by atoms with Crippen molar-refractivity contribution in [3.8, 4) is 0 Å². The number of hydrogen-bond donors (Lipinski definition) is 1. The highest BCUT2D eigenvalue weighted by Crippen LogP contribution is 1.54. The molecule has 0 aromatic rings. The standard InChI is InChI=1S/C4H10NO/c1-3-5-4-6-2/h5H,1,3-4H2,2H3. The van der Waals surface area contributed by atoms with Crippen LogP contribution in [0.25, 0.3) is 0 Å². The van der Waals surface area contributed by atoms with Crippen LogP contribution in [0.4, 0.5) is 0 Å². The van der Waals surface area contributed by atoms with E-state index in [9.17, 15) is 0 Å². The fourth-order valence-electron chi connectivity index (χ4n) is 0.174. The molecule has 2 heteroatoms. The molecule has 0 amide bonds. The molecule has 37 valence electrons. The van der Waals surface area contributed by atoms with Crippen LogP contribution in [0, 0.1) is 6.92 Å². The van der Waals surface area contributed by atoms with E-state index >= 15 is 0 Å². The summed E-state index contributed by atoms with van der Waals surface area (Å²) in [7, 11) is 1.64. The van der Waals surface area contributed by atoms with Gasteiger partial charge in [0.05, 0.1) is 6.73 Å². The first kappa shape index (κ1) is 5.92. The zero-order chi connectivity index (χ0) is 4.83. The lowest BCUT2D eigenvalue weighted by Crippen LogP contribution is -2.15. The van der Waals surface area contributed by atoms with E-state index in [1.54, 1.807) is 7.11 Å². The van der Waals surface area contributed by atoms with Crippen LogP contribution in [0.15, 0.2) is 0 Å². The summed E-state index contributed by atoms with van der Waals surface area (Å²) in [5.74, 6) is 0. The van der Waals surface area contributed by atoms with E-state index in [4.69, 9.17) is 0 Å².